The summed E-state index contributed by atoms with van der Waals surface area (Å²) < 4.78 is 0. The SMILES string of the molecule is C[C@H](NC(=O)CCCCC(=O)N[C@@H](C)c1ccccc1)c1ccccc1. The summed E-state index contributed by atoms with van der Waals surface area (Å²) in [5.41, 5.74) is 2.19. The van der Waals surface area contributed by atoms with Crippen molar-refractivity contribution in [3.63, 3.8) is 0 Å². The first-order valence-corrected chi connectivity index (χ1v) is 9.25. The summed E-state index contributed by atoms with van der Waals surface area (Å²) in [4.78, 5) is 24.0. The molecule has 26 heavy (non-hydrogen) atoms. The van der Waals surface area contributed by atoms with Gasteiger partial charge in [0.25, 0.3) is 0 Å². The summed E-state index contributed by atoms with van der Waals surface area (Å²) in [5, 5.41) is 6.00. The highest BCUT2D eigenvalue weighted by molar-refractivity contribution is 5.77. The van der Waals surface area contributed by atoms with E-state index in [9.17, 15) is 9.59 Å². The molecule has 2 N–H and O–H groups in total. The van der Waals surface area contributed by atoms with E-state index in [0.29, 0.717) is 25.7 Å². The predicted molar refractivity (Wildman–Crippen MR) is 104 cm³/mol. The van der Waals surface area contributed by atoms with Gasteiger partial charge in [0.15, 0.2) is 0 Å². The zero-order valence-corrected chi connectivity index (χ0v) is 15.6. The molecule has 138 valence electrons. The topological polar surface area (TPSA) is 58.2 Å². The van der Waals surface area contributed by atoms with Gasteiger partial charge in [0, 0.05) is 12.8 Å². The Morgan fingerprint density at radius 3 is 1.38 bits per heavy atom. The first kappa shape index (κ1) is 19.7. The summed E-state index contributed by atoms with van der Waals surface area (Å²) in [6, 6.07) is 19.8. The molecular weight excluding hydrogens is 324 g/mol. The molecule has 0 bridgehead atoms. The van der Waals surface area contributed by atoms with Crippen LogP contribution in [0.3, 0.4) is 0 Å². The molecule has 2 rings (SSSR count). The maximum absolute atomic E-state index is 12.0. The Bertz CT molecular complexity index is 624. The second-order valence-corrected chi connectivity index (χ2v) is 6.61. The van der Waals surface area contributed by atoms with Gasteiger partial charge in [-0.2, -0.15) is 0 Å². The van der Waals surface area contributed by atoms with E-state index in [1.165, 1.54) is 0 Å². The Morgan fingerprint density at radius 2 is 1.04 bits per heavy atom. The monoisotopic (exact) mass is 352 g/mol. The van der Waals surface area contributed by atoms with Gasteiger partial charge in [-0.1, -0.05) is 60.7 Å². The molecule has 0 heterocycles. The van der Waals surface area contributed by atoms with Crippen LogP contribution in [-0.2, 0) is 9.59 Å². The van der Waals surface area contributed by atoms with Gasteiger partial charge in [-0.15, -0.1) is 0 Å². The van der Waals surface area contributed by atoms with E-state index in [2.05, 4.69) is 10.6 Å². The van der Waals surface area contributed by atoms with Crippen molar-refractivity contribution in [1.82, 2.24) is 10.6 Å². The van der Waals surface area contributed by atoms with Gasteiger partial charge in [0.05, 0.1) is 12.1 Å². The number of unbranched alkanes of at least 4 members (excludes halogenated alkanes) is 1. The second kappa shape index (κ2) is 10.4. The lowest BCUT2D eigenvalue weighted by molar-refractivity contribution is -0.123. The summed E-state index contributed by atoms with van der Waals surface area (Å²) in [5.74, 6) is 0.0545. The molecule has 2 aromatic rings. The molecular formula is C22H28N2O2. The average Bonchev–Trinajstić information content (AvgIpc) is 2.66. The minimum absolute atomic E-state index is 0.00118. The quantitative estimate of drug-likeness (QED) is 0.661. The van der Waals surface area contributed by atoms with Crippen LogP contribution in [0.1, 0.15) is 62.7 Å². The largest absolute Gasteiger partial charge is 0.350 e. The number of benzene rings is 2. The van der Waals surface area contributed by atoms with Crippen LogP contribution in [0.4, 0.5) is 0 Å². The van der Waals surface area contributed by atoms with E-state index < -0.39 is 0 Å². The van der Waals surface area contributed by atoms with Gasteiger partial charge in [-0.3, -0.25) is 9.59 Å². The number of rotatable bonds is 9. The van der Waals surface area contributed by atoms with E-state index in [1.807, 2.05) is 74.5 Å². The molecule has 2 atom stereocenters. The molecule has 2 amide bonds. The molecule has 4 nitrogen and oxygen atoms in total. The molecule has 0 fully saturated rings. The molecule has 0 aliphatic carbocycles. The van der Waals surface area contributed by atoms with E-state index in [4.69, 9.17) is 0 Å². The number of amides is 2. The predicted octanol–water partition coefficient (Wildman–Crippen LogP) is 4.30. The van der Waals surface area contributed by atoms with Gasteiger partial charge < -0.3 is 10.6 Å². The third kappa shape index (κ3) is 6.71. The zero-order chi connectivity index (χ0) is 18.8. The molecule has 0 unspecified atom stereocenters. The van der Waals surface area contributed by atoms with Crippen LogP contribution in [0.2, 0.25) is 0 Å². The van der Waals surface area contributed by atoms with Crippen molar-refractivity contribution in [1.29, 1.82) is 0 Å². The third-order valence-electron chi connectivity index (χ3n) is 4.41. The van der Waals surface area contributed by atoms with E-state index >= 15 is 0 Å². The van der Waals surface area contributed by atoms with Crippen LogP contribution >= 0.6 is 0 Å². The summed E-state index contributed by atoms with van der Waals surface area (Å²) in [6.45, 7) is 3.96. The van der Waals surface area contributed by atoms with Crippen LogP contribution in [0.5, 0.6) is 0 Å². The first-order chi connectivity index (χ1) is 12.6. The number of carbonyl (C=O) groups is 2. The Hall–Kier alpha value is -2.62. The number of carbonyl (C=O) groups excluding carboxylic acids is 2. The maximum atomic E-state index is 12.0. The Morgan fingerprint density at radius 1 is 0.692 bits per heavy atom. The van der Waals surface area contributed by atoms with Crippen LogP contribution in [-0.4, -0.2) is 11.8 Å². The smallest absolute Gasteiger partial charge is 0.220 e. The summed E-state index contributed by atoms with van der Waals surface area (Å²) >= 11 is 0. The fourth-order valence-electron chi connectivity index (χ4n) is 2.85. The minimum Gasteiger partial charge on any atom is -0.350 e. The van der Waals surface area contributed by atoms with Gasteiger partial charge in [0.1, 0.15) is 0 Å². The summed E-state index contributed by atoms with van der Waals surface area (Å²) in [6.07, 6.45) is 2.30. The Balaban J connectivity index is 1.62. The first-order valence-electron chi connectivity index (χ1n) is 9.25. The number of nitrogens with one attached hydrogen (secondary N) is 2. The molecule has 4 heteroatoms. The highest BCUT2D eigenvalue weighted by Crippen LogP contribution is 2.13. The fourth-order valence-corrected chi connectivity index (χ4v) is 2.85. The zero-order valence-electron chi connectivity index (χ0n) is 15.6. The van der Waals surface area contributed by atoms with Crippen LogP contribution in [0, 0.1) is 0 Å². The van der Waals surface area contributed by atoms with Crippen molar-refractivity contribution < 1.29 is 9.59 Å². The van der Waals surface area contributed by atoms with Crippen LogP contribution in [0.15, 0.2) is 60.7 Å². The Kier molecular flexibility index (Phi) is 7.87. The van der Waals surface area contributed by atoms with Crippen molar-refractivity contribution >= 4 is 11.8 Å². The molecule has 0 spiro atoms. The van der Waals surface area contributed by atoms with Crippen LogP contribution < -0.4 is 10.6 Å². The minimum atomic E-state index is -0.00118. The van der Waals surface area contributed by atoms with Crippen molar-refractivity contribution in [3.8, 4) is 0 Å². The molecule has 0 aromatic heterocycles. The van der Waals surface area contributed by atoms with E-state index in [-0.39, 0.29) is 23.9 Å². The Labute approximate surface area is 156 Å². The number of hydrogen-bond donors (Lipinski definition) is 2. The van der Waals surface area contributed by atoms with Crippen molar-refractivity contribution in [2.45, 2.75) is 51.6 Å². The lowest BCUT2D eigenvalue weighted by Gasteiger charge is -2.15. The third-order valence-corrected chi connectivity index (χ3v) is 4.41. The van der Waals surface area contributed by atoms with E-state index in [0.717, 1.165) is 11.1 Å². The van der Waals surface area contributed by atoms with Gasteiger partial charge in [0.2, 0.25) is 11.8 Å². The second-order valence-electron chi connectivity index (χ2n) is 6.61. The van der Waals surface area contributed by atoms with Gasteiger partial charge >= 0.3 is 0 Å². The highest BCUT2D eigenvalue weighted by Gasteiger charge is 2.11. The van der Waals surface area contributed by atoms with Gasteiger partial charge in [-0.05, 0) is 37.8 Å². The highest BCUT2D eigenvalue weighted by atomic mass is 16.2. The maximum Gasteiger partial charge on any atom is 0.220 e. The standard InChI is InChI=1S/C22H28N2O2/c1-17(19-11-5-3-6-12-19)23-21(25)15-9-10-16-22(26)24-18(2)20-13-7-4-8-14-20/h3-8,11-14,17-18H,9-10,15-16H2,1-2H3,(H,23,25)(H,24,26)/t17-,18-/m0/s1. The number of hydrogen-bond acceptors (Lipinski definition) is 2. The fraction of sp³-hybridized carbons (Fsp3) is 0.364. The van der Waals surface area contributed by atoms with Crippen molar-refractivity contribution in [2.75, 3.05) is 0 Å². The molecule has 0 aliphatic rings. The normalized spacial score (nSPS) is 12.8. The lowest BCUT2D eigenvalue weighted by atomic mass is 10.1. The molecule has 0 saturated heterocycles. The average molecular weight is 352 g/mol. The van der Waals surface area contributed by atoms with Crippen LogP contribution in [0.25, 0.3) is 0 Å². The van der Waals surface area contributed by atoms with Crippen molar-refractivity contribution in [2.24, 2.45) is 0 Å². The molecule has 0 aliphatic heterocycles. The lowest BCUT2D eigenvalue weighted by Crippen LogP contribution is -2.27. The molecule has 2 aromatic carbocycles. The van der Waals surface area contributed by atoms with Crippen molar-refractivity contribution in [3.05, 3.63) is 71.8 Å². The van der Waals surface area contributed by atoms with Gasteiger partial charge in [-0.25, -0.2) is 0 Å². The summed E-state index contributed by atoms with van der Waals surface area (Å²) in [7, 11) is 0. The molecule has 0 radical (unpaired) electrons. The molecule has 0 saturated carbocycles. The van der Waals surface area contributed by atoms with E-state index in [1.54, 1.807) is 0 Å².